The van der Waals surface area contributed by atoms with Gasteiger partial charge in [-0.15, -0.1) is 0 Å². The van der Waals surface area contributed by atoms with E-state index in [4.69, 9.17) is 0 Å². The lowest BCUT2D eigenvalue weighted by Gasteiger charge is -2.18. The lowest BCUT2D eigenvalue weighted by molar-refractivity contribution is 0.0596. The molecule has 1 aromatic carbocycles. The van der Waals surface area contributed by atoms with Crippen LogP contribution in [0.15, 0.2) is 23.1 Å². The van der Waals surface area contributed by atoms with Gasteiger partial charge in [0.2, 0.25) is 10.0 Å². The number of rotatable bonds is 5. The molecule has 0 radical (unpaired) electrons. The summed E-state index contributed by atoms with van der Waals surface area (Å²) >= 11 is 0. The summed E-state index contributed by atoms with van der Waals surface area (Å²) in [5, 5.41) is 0. The highest BCUT2D eigenvalue weighted by molar-refractivity contribution is 7.89. The molecule has 2 atom stereocenters. The summed E-state index contributed by atoms with van der Waals surface area (Å²) in [6.07, 6.45) is 0.979. The number of halogens is 1. The zero-order valence-electron chi connectivity index (χ0n) is 12.2. The smallest absolute Gasteiger partial charge is 0.339 e. The van der Waals surface area contributed by atoms with E-state index in [1.54, 1.807) is 0 Å². The highest BCUT2D eigenvalue weighted by Gasteiger charge is 2.37. The van der Waals surface area contributed by atoms with E-state index in [1.165, 1.54) is 11.4 Å². The molecule has 21 heavy (non-hydrogen) atoms. The normalized spacial score (nSPS) is 21.4. The predicted octanol–water partition coefficient (Wildman–Crippen LogP) is 1.89. The molecule has 0 spiro atoms. The summed E-state index contributed by atoms with van der Waals surface area (Å²) in [5.74, 6) is -0.702. The number of hydrogen-bond acceptors (Lipinski definition) is 4. The average Bonchev–Trinajstić information content (AvgIpc) is 3.13. The third kappa shape index (κ3) is 3.24. The van der Waals surface area contributed by atoms with Crippen molar-refractivity contribution in [1.82, 2.24) is 4.31 Å². The van der Waals surface area contributed by atoms with Gasteiger partial charge in [-0.25, -0.2) is 21.9 Å². The van der Waals surface area contributed by atoms with Crippen LogP contribution in [0.3, 0.4) is 0 Å². The maximum Gasteiger partial charge on any atom is 0.339 e. The van der Waals surface area contributed by atoms with Crippen molar-refractivity contribution in [2.45, 2.75) is 18.2 Å². The zero-order chi connectivity index (χ0) is 15.8. The monoisotopic (exact) mass is 315 g/mol. The van der Waals surface area contributed by atoms with E-state index in [2.05, 4.69) is 4.74 Å². The van der Waals surface area contributed by atoms with E-state index in [0.29, 0.717) is 18.4 Å². The molecular formula is C14H18FNO4S. The summed E-state index contributed by atoms with van der Waals surface area (Å²) in [6.45, 7) is 2.41. The first-order valence-electron chi connectivity index (χ1n) is 6.61. The summed E-state index contributed by atoms with van der Waals surface area (Å²) in [4.78, 5) is 11.3. The Morgan fingerprint density at radius 3 is 2.62 bits per heavy atom. The van der Waals surface area contributed by atoms with Crippen LogP contribution >= 0.6 is 0 Å². The molecule has 1 fully saturated rings. The molecule has 0 N–H and O–H groups in total. The molecule has 5 nitrogen and oxygen atoms in total. The number of carbonyl (C=O) groups is 1. The van der Waals surface area contributed by atoms with Gasteiger partial charge in [0, 0.05) is 13.6 Å². The lowest BCUT2D eigenvalue weighted by Crippen LogP contribution is -2.30. The molecule has 1 aliphatic rings. The van der Waals surface area contributed by atoms with Crippen LogP contribution in [0.5, 0.6) is 0 Å². The molecule has 7 heteroatoms. The van der Waals surface area contributed by atoms with E-state index >= 15 is 0 Å². The number of nitrogens with zero attached hydrogens (tertiary/aromatic N) is 1. The predicted molar refractivity (Wildman–Crippen MR) is 74.8 cm³/mol. The summed E-state index contributed by atoms with van der Waals surface area (Å²) < 4.78 is 44.2. The van der Waals surface area contributed by atoms with Crippen molar-refractivity contribution in [3.05, 3.63) is 29.6 Å². The fraction of sp³-hybridized carbons (Fsp3) is 0.500. The first-order valence-corrected chi connectivity index (χ1v) is 8.05. The highest BCUT2D eigenvalue weighted by atomic mass is 32.2. The Hall–Kier alpha value is -1.47. The second-order valence-electron chi connectivity index (χ2n) is 5.39. The van der Waals surface area contributed by atoms with Crippen molar-refractivity contribution < 1.29 is 22.3 Å². The third-order valence-electron chi connectivity index (χ3n) is 3.80. The van der Waals surface area contributed by atoms with Crippen LogP contribution in [0.2, 0.25) is 0 Å². The van der Waals surface area contributed by atoms with Crippen molar-refractivity contribution >= 4 is 16.0 Å². The van der Waals surface area contributed by atoms with Gasteiger partial charge in [-0.05, 0) is 36.5 Å². The Morgan fingerprint density at radius 2 is 2.10 bits per heavy atom. The minimum absolute atomic E-state index is 0.158. The van der Waals surface area contributed by atoms with Crippen molar-refractivity contribution in [2.75, 3.05) is 20.7 Å². The zero-order valence-corrected chi connectivity index (χ0v) is 13.0. The summed E-state index contributed by atoms with van der Waals surface area (Å²) in [7, 11) is -1.35. The quantitative estimate of drug-likeness (QED) is 0.778. The van der Waals surface area contributed by atoms with E-state index < -0.39 is 21.8 Å². The van der Waals surface area contributed by atoms with Crippen LogP contribution in [0, 0.1) is 17.7 Å². The van der Waals surface area contributed by atoms with Gasteiger partial charge in [-0.1, -0.05) is 6.92 Å². The number of carbonyl (C=O) groups excluding carboxylic acids is 1. The molecule has 0 aromatic heterocycles. The minimum Gasteiger partial charge on any atom is -0.465 e. The number of esters is 1. The van der Waals surface area contributed by atoms with Crippen molar-refractivity contribution in [2.24, 2.45) is 11.8 Å². The number of ether oxygens (including phenoxy) is 1. The van der Waals surface area contributed by atoms with Crippen LogP contribution in [0.25, 0.3) is 0 Å². The maximum absolute atomic E-state index is 13.4. The van der Waals surface area contributed by atoms with Crippen molar-refractivity contribution in [3.8, 4) is 0 Å². The molecule has 0 heterocycles. The fourth-order valence-electron chi connectivity index (χ4n) is 2.24. The highest BCUT2D eigenvalue weighted by Crippen LogP contribution is 2.39. The SMILES string of the molecule is COC(=O)c1ccc(F)cc1S(=O)(=O)N(C)CC1CC1C. The summed E-state index contributed by atoms with van der Waals surface area (Å²) in [5.41, 5.74) is -0.158. The Labute approximate surface area is 123 Å². The lowest BCUT2D eigenvalue weighted by atomic mass is 10.2. The number of hydrogen-bond donors (Lipinski definition) is 0. The van der Waals surface area contributed by atoms with E-state index in [9.17, 15) is 17.6 Å². The molecular weight excluding hydrogens is 297 g/mol. The maximum atomic E-state index is 13.4. The standard InChI is InChI=1S/C14H18FNO4S/c1-9-6-10(9)8-16(2)21(18,19)13-7-11(15)4-5-12(13)14(17)20-3/h4-5,7,9-10H,6,8H2,1-3H3. The van der Waals surface area contributed by atoms with Crippen LogP contribution in [0.4, 0.5) is 4.39 Å². The number of methoxy groups -OCH3 is 1. The molecule has 1 aromatic rings. The van der Waals surface area contributed by atoms with Crippen LogP contribution in [-0.2, 0) is 14.8 Å². The first-order chi connectivity index (χ1) is 9.77. The van der Waals surface area contributed by atoms with Crippen molar-refractivity contribution in [3.63, 3.8) is 0 Å². The van der Waals surface area contributed by atoms with E-state index in [1.807, 2.05) is 6.92 Å². The van der Waals surface area contributed by atoms with Crippen LogP contribution in [-0.4, -0.2) is 39.4 Å². The van der Waals surface area contributed by atoms with E-state index in [0.717, 1.165) is 31.7 Å². The molecule has 0 saturated heterocycles. The van der Waals surface area contributed by atoms with Crippen molar-refractivity contribution in [1.29, 1.82) is 0 Å². The number of sulfonamides is 1. The Bertz CT molecular complexity index is 659. The van der Waals surface area contributed by atoms with Gasteiger partial charge in [0.05, 0.1) is 17.6 Å². The van der Waals surface area contributed by atoms with Gasteiger partial charge in [0.25, 0.3) is 0 Å². The molecule has 0 amide bonds. The summed E-state index contributed by atoms with van der Waals surface area (Å²) in [6, 6.07) is 3.02. The fourth-order valence-corrected chi connectivity index (χ4v) is 3.65. The Balaban J connectivity index is 2.38. The second kappa shape index (κ2) is 5.73. The largest absolute Gasteiger partial charge is 0.465 e. The van der Waals surface area contributed by atoms with Crippen LogP contribution in [0.1, 0.15) is 23.7 Å². The second-order valence-corrected chi connectivity index (χ2v) is 7.40. The minimum atomic E-state index is -3.93. The molecule has 0 bridgehead atoms. The molecule has 1 aliphatic carbocycles. The van der Waals surface area contributed by atoms with Gasteiger partial charge < -0.3 is 4.74 Å². The Morgan fingerprint density at radius 1 is 1.48 bits per heavy atom. The van der Waals surface area contributed by atoms with Gasteiger partial charge in [-0.2, -0.15) is 0 Å². The topological polar surface area (TPSA) is 63.7 Å². The molecule has 0 aliphatic heterocycles. The van der Waals surface area contributed by atoms with Crippen LogP contribution < -0.4 is 0 Å². The van der Waals surface area contributed by atoms with Gasteiger partial charge in [-0.3, -0.25) is 0 Å². The number of benzene rings is 1. The Kier molecular flexibility index (Phi) is 4.34. The third-order valence-corrected chi connectivity index (χ3v) is 5.67. The first kappa shape index (κ1) is 15.9. The molecule has 116 valence electrons. The van der Waals surface area contributed by atoms with Gasteiger partial charge >= 0.3 is 5.97 Å². The molecule has 2 unspecified atom stereocenters. The average molecular weight is 315 g/mol. The molecule has 1 saturated carbocycles. The van der Waals surface area contributed by atoms with Gasteiger partial charge in [0.15, 0.2) is 0 Å². The molecule has 2 rings (SSSR count). The van der Waals surface area contributed by atoms with Gasteiger partial charge in [0.1, 0.15) is 5.82 Å². The van der Waals surface area contributed by atoms with E-state index in [-0.39, 0.29) is 10.5 Å².